The molecule has 0 saturated heterocycles. The van der Waals surface area contributed by atoms with Crippen LogP contribution in [0, 0.1) is 0 Å². The van der Waals surface area contributed by atoms with Gasteiger partial charge in [0.1, 0.15) is 5.75 Å². The third-order valence-corrected chi connectivity index (χ3v) is 5.75. The topological polar surface area (TPSA) is 126 Å². The zero-order valence-electron chi connectivity index (χ0n) is 11.9. The highest BCUT2D eigenvalue weighted by atomic mass is 35.5. The fourth-order valence-electron chi connectivity index (χ4n) is 1.76. The van der Waals surface area contributed by atoms with E-state index in [4.69, 9.17) is 16.7 Å². The summed E-state index contributed by atoms with van der Waals surface area (Å²) >= 11 is 6.62. The largest absolute Gasteiger partial charge is 0.481 e. The van der Waals surface area contributed by atoms with Crippen molar-refractivity contribution in [1.82, 2.24) is 4.73 Å². The van der Waals surface area contributed by atoms with Gasteiger partial charge in [-0.1, -0.05) is 23.7 Å². The lowest BCUT2D eigenvalue weighted by molar-refractivity contribution is -0.136. The number of nitrogens with zero attached hydrogens (tertiary/aromatic N) is 2. The second kappa shape index (κ2) is 7.16. The first kappa shape index (κ1) is 18.2. The summed E-state index contributed by atoms with van der Waals surface area (Å²) in [7, 11) is -3.99. The van der Waals surface area contributed by atoms with Gasteiger partial charge in [-0.2, -0.15) is 9.72 Å². The molecule has 1 heterocycles. The summed E-state index contributed by atoms with van der Waals surface area (Å²) in [6.07, 6.45) is -0.464. The molecule has 2 N–H and O–H groups in total. The van der Waals surface area contributed by atoms with Crippen molar-refractivity contribution in [2.75, 3.05) is 5.75 Å². The van der Waals surface area contributed by atoms with Gasteiger partial charge < -0.3 is 10.3 Å². The van der Waals surface area contributed by atoms with E-state index in [1.54, 1.807) is 6.07 Å². The Hall–Kier alpha value is -2.17. The molecule has 0 saturated carbocycles. The molecule has 2 rings (SSSR count). The first-order chi connectivity index (χ1) is 11.2. The zero-order valence-corrected chi connectivity index (χ0v) is 14.3. The van der Waals surface area contributed by atoms with Gasteiger partial charge in [-0.15, -0.1) is 11.3 Å². The fraction of sp³-hybridized carbons (Fsp3) is 0.154. The molecule has 0 bridgehead atoms. The van der Waals surface area contributed by atoms with Crippen LogP contribution in [0.15, 0.2) is 39.5 Å². The molecule has 0 aliphatic rings. The maximum Gasteiger partial charge on any atom is 0.309 e. The van der Waals surface area contributed by atoms with Gasteiger partial charge in [0.2, 0.25) is 4.80 Å². The van der Waals surface area contributed by atoms with Crippen LogP contribution < -0.4 is 4.80 Å². The number of aromatic nitrogens is 1. The van der Waals surface area contributed by atoms with Gasteiger partial charge in [0, 0.05) is 5.38 Å². The number of halogens is 1. The summed E-state index contributed by atoms with van der Waals surface area (Å²) in [5, 5.41) is 19.7. The summed E-state index contributed by atoms with van der Waals surface area (Å²) in [5.74, 6) is -3.11. The van der Waals surface area contributed by atoms with Crippen LogP contribution in [0.2, 0.25) is 5.02 Å². The monoisotopic (exact) mass is 390 g/mol. The van der Waals surface area contributed by atoms with E-state index in [2.05, 4.69) is 4.99 Å². The van der Waals surface area contributed by atoms with E-state index in [-0.39, 0.29) is 20.4 Å². The van der Waals surface area contributed by atoms with Crippen LogP contribution in [0.1, 0.15) is 5.69 Å². The fourth-order valence-corrected chi connectivity index (χ4v) is 4.25. The highest BCUT2D eigenvalue weighted by molar-refractivity contribution is 7.92. The van der Waals surface area contributed by atoms with Crippen LogP contribution >= 0.6 is 22.9 Å². The third-order valence-electron chi connectivity index (χ3n) is 2.79. The van der Waals surface area contributed by atoms with Crippen LogP contribution in [-0.2, 0) is 25.8 Å². The molecule has 1 amide bonds. The van der Waals surface area contributed by atoms with Gasteiger partial charge >= 0.3 is 5.97 Å². The highest BCUT2D eigenvalue weighted by Crippen LogP contribution is 2.21. The van der Waals surface area contributed by atoms with Crippen LogP contribution in [-0.4, -0.2) is 41.1 Å². The molecule has 24 heavy (non-hydrogen) atoms. The Morgan fingerprint density at radius 3 is 2.58 bits per heavy atom. The van der Waals surface area contributed by atoms with Crippen molar-refractivity contribution in [1.29, 1.82) is 0 Å². The lowest BCUT2D eigenvalue weighted by Gasteiger charge is -2.03. The third kappa shape index (κ3) is 4.22. The quantitative estimate of drug-likeness (QED) is 0.732. The van der Waals surface area contributed by atoms with Crippen molar-refractivity contribution in [2.24, 2.45) is 4.99 Å². The van der Waals surface area contributed by atoms with Gasteiger partial charge in [-0.05, 0) is 12.1 Å². The molecule has 128 valence electrons. The van der Waals surface area contributed by atoms with Crippen LogP contribution in [0.25, 0.3) is 0 Å². The summed E-state index contributed by atoms with van der Waals surface area (Å²) in [5.41, 5.74) is 0.0213. The van der Waals surface area contributed by atoms with Crippen molar-refractivity contribution in [2.45, 2.75) is 11.3 Å². The number of sulfone groups is 1. The lowest BCUT2D eigenvalue weighted by atomic mass is 10.3. The molecular formula is C13H11ClN2O6S2. The Morgan fingerprint density at radius 2 is 1.96 bits per heavy atom. The number of hydrogen-bond acceptors (Lipinski definition) is 6. The molecule has 1 aromatic carbocycles. The number of carboxylic acids is 1. The molecular weight excluding hydrogens is 380 g/mol. The minimum atomic E-state index is -3.99. The van der Waals surface area contributed by atoms with E-state index in [1.807, 2.05) is 0 Å². The van der Waals surface area contributed by atoms with Gasteiger partial charge in [-0.25, -0.2) is 8.42 Å². The van der Waals surface area contributed by atoms with Crippen LogP contribution in [0.5, 0.6) is 0 Å². The number of benzene rings is 1. The zero-order chi connectivity index (χ0) is 17.9. The van der Waals surface area contributed by atoms with Gasteiger partial charge in [0.15, 0.2) is 9.84 Å². The predicted octanol–water partition coefficient (Wildman–Crippen LogP) is 0.969. The van der Waals surface area contributed by atoms with Gasteiger partial charge in [0.05, 0.1) is 22.0 Å². The van der Waals surface area contributed by atoms with Crippen LogP contribution in [0.3, 0.4) is 0 Å². The maximum atomic E-state index is 12.2. The average Bonchev–Trinajstić information content (AvgIpc) is 2.79. The number of amides is 1. The van der Waals surface area contributed by atoms with Crippen molar-refractivity contribution >= 4 is 44.7 Å². The van der Waals surface area contributed by atoms with E-state index in [0.29, 0.717) is 4.73 Å². The summed E-state index contributed by atoms with van der Waals surface area (Å²) in [6, 6.07) is 5.68. The second-order valence-corrected chi connectivity index (χ2v) is 7.79. The Morgan fingerprint density at radius 1 is 1.29 bits per heavy atom. The number of aliphatic carboxylic acids is 1. The molecule has 0 aliphatic heterocycles. The molecule has 1 aromatic heterocycles. The SMILES string of the molecule is O=C(O)Cc1csc(=NC(=O)CS(=O)(=O)c2ccccc2Cl)n1O. The number of hydrogen-bond donors (Lipinski definition) is 2. The maximum absolute atomic E-state index is 12.2. The minimum absolute atomic E-state index is 0.0117. The normalized spacial score (nSPS) is 12.3. The number of carboxylic acid groups (broad SMARTS) is 1. The van der Waals surface area contributed by atoms with E-state index in [9.17, 15) is 23.2 Å². The first-order valence-corrected chi connectivity index (χ1v) is 9.27. The number of rotatable bonds is 5. The molecule has 2 aromatic rings. The van der Waals surface area contributed by atoms with Crippen molar-refractivity contribution < 1.29 is 28.3 Å². The Bertz CT molecular complexity index is 961. The lowest BCUT2D eigenvalue weighted by Crippen LogP contribution is -2.21. The molecule has 0 unspecified atom stereocenters. The number of carbonyl (C=O) groups excluding carboxylic acids is 1. The second-order valence-electron chi connectivity index (χ2n) is 4.59. The Balaban J connectivity index is 2.26. The Labute approximate surface area is 145 Å². The number of carbonyl (C=O) groups is 2. The molecule has 0 atom stereocenters. The average molecular weight is 391 g/mol. The summed E-state index contributed by atoms with van der Waals surface area (Å²) < 4.78 is 24.8. The standard InChI is InChI=1S/C13H11ClN2O6S2/c14-9-3-1-2-4-10(9)24(21,22)7-11(17)15-13-16(20)8(6-23-13)5-12(18)19/h1-4,6,20H,5,7H2,(H,18,19). The predicted molar refractivity (Wildman–Crippen MR) is 84.9 cm³/mol. The molecule has 11 heteroatoms. The smallest absolute Gasteiger partial charge is 0.309 e. The molecule has 8 nitrogen and oxygen atoms in total. The van der Waals surface area contributed by atoms with Crippen molar-refractivity contribution in [3.05, 3.63) is 45.2 Å². The van der Waals surface area contributed by atoms with E-state index < -0.39 is 33.9 Å². The minimum Gasteiger partial charge on any atom is -0.481 e. The number of thiazole rings is 1. The van der Waals surface area contributed by atoms with Gasteiger partial charge in [0.25, 0.3) is 5.91 Å². The van der Waals surface area contributed by atoms with Gasteiger partial charge in [-0.3, -0.25) is 9.59 Å². The first-order valence-electron chi connectivity index (χ1n) is 6.36. The molecule has 0 radical (unpaired) electrons. The highest BCUT2D eigenvalue weighted by Gasteiger charge is 2.22. The molecule has 0 fully saturated rings. The van der Waals surface area contributed by atoms with E-state index in [0.717, 1.165) is 11.3 Å². The van der Waals surface area contributed by atoms with E-state index in [1.165, 1.54) is 23.6 Å². The van der Waals surface area contributed by atoms with E-state index >= 15 is 0 Å². The van der Waals surface area contributed by atoms with Crippen LogP contribution in [0.4, 0.5) is 0 Å². The van der Waals surface area contributed by atoms with Crippen molar-refractivity contribution in [3.63, 3.8) is 0 Å². The molecule has 0 aliphatic carbocycles. The summed E-state index contributed by atoms with van der Waals surface area (Å²) in [6.45, 7) is 0. The summed E-state index contributed by atoms with van der Waals surface area (Å²) in [4.78, 5) is 25.6. The van der Waals surface area contributed by atoms with Crippen molar-refractivity contribution in [3.8, 4) is 0 Å². The molecule has 0 spiro atoms. The Kier molecular flexibility index (Phi) is 5.42.